The molecule has 0 saturated carbocycles. The predicted octanol–water partition coefficient (Wildman–Crippen LogP) is 7.28. The first-order valence-electron chi connectivity index (χ1n) is 10.5. The van der Waals surface area contributed by atoms with Crippen LogP contribution in [0.15, 0.2) is 66.2 Å². The van der Waals surface area contributed by atoms with Gasteiger partial charge >= 0.3 is 0 Å². The van der Waals surface area contributed by atoms with Crippen LogP contribution < -0.4 is 0 Å². The number of rotatable bonds is 7. The molecule has 0 amide bonds. The van der Waals surface area contributed by atoms with Crippen LogP contribution in [-0.4, -0.2) is 5.78 Å². The van der Waals surface area contributed by atoms with Gasteiger partial charge in [0.05, 0.1) is 0 Å². The van der Waals surface area contributed by atoms with Crippen LogP contribution in [0.1, 0.15) is 48.1 Å². The minimum Gasteiger partial charge on any atom is -0.295 e. The molecule has 3 rings (SSSR count). The number of carbonyl (C=O) groups is 1. The summed E-state index contributed by atoms with van der Waals surface area (Å²) in [4.78, 5) is 12.7. The number of carbonyl (C=O) groups excluding carboxylic acids is 1. The van der Waals surface area contributed by atoms with E-state index in [0.29, 0.717) is 18.4 Å². The molecule has 0 aliphatic carbocycles. The monoisotopic (exact) mass is 400 g/mol. The van der Waals surface area contributed by atoms with Gasteiger partial charge in [0.25, 0.3) is 0 Å². The van der Waals surface area contributed by atoms with Crippen LogP contribution in [0.5, 0.6) is 0 Å². The topological polar surface area (TPSA) is 17.1 Å². The summed E-state index contributed by atoms with van der Waals surface area (Å²) >= 11 is 0. The normalized spacial score (nSPS) is 11.6. The quantitative estimate of drug-likeness (QED) is 0.381. The Morgan fingerprint density at radius 2 is 1.70 bits per heavy atom. The summed E-state index contributed by atoms with van der Waals surface area (Å²) in [6.45, 7) is 7.97. The summed E-state index contributed by atoms with van der Waals surface area (Å²) in [6.07, 6.45) is 3.92. The SMILES string of the molecule is CCc1cccc(-c2cc(F)cc(/C=C(\C)C(=O)CCc3cccc(C)c3)c2C)c1. The van der Waals surface area contributed by atoms with E-state index in [9.17, 15) is 9.18 Å². The fourth-order valence-electron chi connectivity index (χ4n) is 3.75. The lowest BCUT2D eigenvalue weighted by Crippen LogP contribution is -2.02. The molecule has 0 unspecified atom stereocenters. The minimum atomic E-state index is -0.288. The number of Topliss-reactive ketones (excluding diaryl/α,β-unsaturated/α-hetero) is 1. The van der Waals surface area contributed by atoms with Gasteiger partial charge in [0, 0.05) is 6.42 Å². The van der Waals surface area contributed by atoms with Crippen molar-refractivity contribution in [1.82, 2.24) is 0 Å². The molecule has 0 bridgehead atoms. The molecule has 0 aromatic heterocycles. The lowest BCUT2D eigenvalue weighted by Gasteiger charge is -2.12. The van der Waals surface area contributed by atoms with Crippen molar-refractivity contribution in [2.24, 2.45) is 0 Å². The van der Waals surface area contributed by atoms with Crippen molar-refractivity contribution in [3.05, 3.63) is 99.9 Å². The highest BCUT2D eigenvalue weighted by molar-refractivity contribution is 5.99. The zero-order valence-electron chi connectivity index (χ0n) is 18.3. The highest BCUT2D eigenvalue weighted by Crippen LogP contribution is 2.29. The average Bonchev–Trinajstić information content (AvgIpc) is 2.74. The molecule has 0 heterocycles. The van der Waals surface area contributed by atoms with Gasteiger partial charge in [-0.1, -0.05) is 61.0 Å². The van der Waals surface area contributed by atoms with Crippen molar-refractivity contribution in [3.8, 4) is 11.1 Å². The molecule has 1 nitrogen and oxygen atoms in total. The van der Waals surface area contributed by atoms with Crippen molar-refractivity contribution in [1.29, 1.82) is 0 Å². The number of allylic oxidation sites excluding steroid dienone is 1. The average molecular weight is 401 g/mol. The summed E-state index contributed by atoms with van der Waals surface area (Å²) in [5, 5.41) is 0. The van der Waals surface area contributed by atoms with E-state index in [1.54, 1.807) is 6.07 Å². The van der Waals surface area contributed by atoms with Crippen molar-refractivity contribution in [2.75, 3.05) is 0 Å². The van der Waals surface area contributed by atoms with Crippen LogP contribution in [0.2, 0.25) is 0 Å². The van der Waals surface area contributed by atoms with E-state index in [1.165, 1.54) is 17.2 Å². The number of hydrogen-bond donors (Lipinski definition) is 0. The Kier molecular flexibility index (Phi) is 6.99. The fourth-order valence-corrected chi connectivity index (χ4v) is 3.75. The Balaban J connectivity index is 1.84. The molecule has 0 aliphatic rings. The lowest BCUT2D eigenvalue weighted by atomic mass is 9.93. The van der Waals surface area contributed by atoms with Crippen LogP contribution in [0.25, 0.3) is 17.2 Å². The van der Waals surface area contributed by atoms with Gasteiger partial charge in [0.15, 0.2) is 5.78 Å². The van der Waals surface area contributed by atoms with Gasteiger partial charge in [-0.15, -0.1) is 0 Å². The van der Waals surface area contributed by atoms with E-state index in [1.807, 2.05) is 44.2 Å². The number of hydrogen-bond acceptors (Lipinski definition) is 1. The molecule has 3 aromatic carbocycles. The summed E-state index contributed by atoms with van der Waals surface area (Å²) in [5.41, 5.74) is 7.85. The molecule has 154 valence electrons. The second-order valence-electron chi connectivity index (χ2n) is 7.96. The fraction of sp³-hybridized carbons (Fsp3) is 0.250. The van der Waals surface area contributed by atoms with Crippen LogP contribution in [0.4, 0.5) is 4.39 Å². The summed E-state index contributed by atoms with van der Waals surface area (Å²) < 4.78 is 14.4. The Morgan fingerprint density at radius 1 is 0.967 bits per heavy atom. The van der Waals surface area contributed by atoms with Crippen LogP contribution in [0.3, 0.4) is 0 Å². The first-order valence-corrected chi connectivity index (χ1v) is 10.5. The number of aryl methyl sites for hydroxylation is 3. The summed E-state index contributed by atoms with van der Waals surface area (Å²) in [6, 6.07) is 19.5. The maximum absolute atomic E-state index is 14.4. The standard InChI is InChI=1S/C28H29FO/c1-5-22-9-7-11-24(16-22)27-18-26(29)17-25(21(27)4)15-20(3)28(30)13-12-23-10-6-8-19(2)14-23/h6-11,14-18H,5,12-13H2,1-4H3/b20-15+. The van der Waals surface area contributed by atoms with Gasteiger partial charge in [0.2, 0.25) is 0 Å². The van der Waals surface area contributed by atoms with E-state index in [2.05, 4.69) is 38.1 Å². The molecule has 3 aromatic rings. The zero-order valence-corrected chi connectivity index (χ0v) is 18.3. The van der Waals surface area contributed by atoms with E-state index < -0.39 is 0 Å². The van der Waals surface area contributed by atoms with Crippen LogP contribution in [-0.2, 0) is 17.6 Å². The molecule has 0 N–H and O–H groups in total. The number of halogens is 1. The van der Waals surface area contributed by atoms with E-state index in [4.69, 9.17) is 0 Å². The summed E-state index contributed by atoms with van der Waals surface area (Å²) in [7, 11) is 0. The van der Waals surface area contributed by atoms with Gasteiger partial charge in [-0.2, -0.15) is 0 Å². The maximum atomic E-state index is 14.4. The molecule has 0 aliphatic heterocycles. The van der Waals surface area contributed by atoms with Crippen molar-refractivity contribution in [3.63, 3.8) is 0 Å². The highest BCUT2D eigenvalue weighted by atomic mass is 19.1. The molecule has 2 heteroatoms. The molecule has 0 radical (unpaired) electrons. The van der Waals surface area contributed by atoms with Gasteiger partial charge in [0.1, 0.15) is 5.82 Å². The van der Waals surface area contributed by atoms with E-state index in [0.717, 1.165) is 34.2 Å². The molecule has 0 fully saturated rings. The zero-order chi connectivity index (χ0) is 21.7. The molecule has 0 spiro atoms. The largest absolute Gasteiger partial charge is 0.295 e. The third kappa shape index (κ3) is 5.33. The summed E-state index contributed by atoms with van der Waals surface area (Å²) in [5.74, 6) is -0.196. The molecular weight excluding hydrogens is 371 g/mol. The van der Waals surface area contributed by atoms with Crippen LogP contribution in [0, 0.1) is 19.7 Å². The van der Waals surface area contributed by atoms with E-state index in [-0.39, 0.29) is 11.6 Å². The van der Waals surface area contributed by atoms with Gasteiger partial charge in [-0.3, -0.25) is 4.79 Å². The molecule has 30 heavy (non-hydrogen) atoms. The first kappa shape index (κ1) is 21.7. The Morgan fingerprint density at radius 3 is 2.43 bits per heavy atom. The van der Waals surface area contributed by atoms with Crippen molar-refractivity contribution < 1.29 is 9.18 Å². The van der Waals surface area contributed by atoms with Crippen molar-refractivity contribution in [2.45, 2.75) is 47.0 Å². The Bertz CT molecular complexity index is 1090. The molecular formula is C28H29FO. The van der Waals surface area contributed by atoms with E-state index >= 15 is 0 Å². The second-order valence-corrected chi connectivity index (χ2v) is 7.96. The predicted molar refractivity (Wildman–Crippen MR) is 124 cm³/mol. The van der Waals surface area contributed by atoms with Gasteiger partial charge in [-0.25, -0.2) is 4.39 Å². The smallest absolute Gasteiger partial charge is 0.158 e. The minimum absolute atomic E-state index is 0.0923. The third-order valence-electron chi connectivity index (χ3n) is 5.59. The Hall–Kier alpha value is -3.00. The second kappa shape index (κ2) is 9.67. The molecule has 0 saturated heterocycles. The van der Waals surface area contributed by atoms with Gasteiger partial charge < -0.3 is 0 Å². The highest BCUT2D eigenvalue weighted by Gasteiger charge is 2.11. The maximum Gasteiger partial charge on any atom is 0.158 e. The van der Waals surface area contributed by atoms with Crippen LogP contribution >= 0.6 is 0 Å². The third-order valence-corrected chi connectivity index (χ3v) is 5.59. The van der Waals surface area contributed by atoms with Crippen molar-refractivity contribution >= 4 is 11.9 Å². The number of ketones is 1. The Labute approximate surface area is 179 Å². The van der Waals surface area contributed by atoms with Gasteiger partial charge in [-0.05, 0) is 90.8 Å². The lowest BCUT2D eigenvalue weighted by molar-refractivity contribution is -0.115. The first-order chi connectivity index (χ1) is 14.4. The number of benzene rings is 3. The molecule has 0 atom stereocenters.